The Bertz CT molecular complexity index is 595. The van der Waals surface area contributed by atoms with Crippen molar-refractivity contribution >= 4 is 11.6 Å². The lowest BCUT2D eigenvalue weighted by molar-refractivity contribution is 0.0949. The highest BCUT2D eigenvalue weighted by atomic mass is 16.1. The molecule has 2 rings (SSSR count). The number of hydrogen-bond acceptors (Lipinski definition) is 6. The van der Waals surface area contributed by atoms with Gasteiger partial charge in [0.2, 0.25) is 0 Å². The number of amides is 1. The summed E-state index contributed by atoms with van der Waals surface area (Å²) in [5, 5.41) is 2.79. The van der Waals surface area contributed by atoms with Crippen molar-refractivity contribution in [2.75, 3.05) is 12.0 Å². The number of nitrogens with one attached hydrogen (secondary N) is 3. The monoisotopic (exact) mass is 289 g/mol. The third-order valence-corrected chi connectivity index (χ3v) is 2.90. The van der Waals surface area contributed by atoms with E-state index in [1.165, 1.54) is 6.20 Å². The summed E-state index contributed by atoms with van der Waals surface area (Å²) < 4.78 is 0. The van der Waals surface area contributed by atoms with Gasteiger partial charge in [-0.3, -0.25) is 10.6 Å². The van der Waals surface area contributed by atoms with Crippen LogP contribution in [-0.2, 0) is 6.42 Å². The minimum atomic E-state index is -0.293. The van der Waals surface area contributed by atoms with E-state index < -0.39 is 0 Å². The van der Waals surface area contributed by atoms with Crippen LogP contribution in [0, 0.1) is 0 Å². The quantitative estimate of drug-likeness (QED) is 0.456. The van der Waals surface area contributed by atoms with Crippen LogP contribution in [0.15, 0.2) is 18.6 Å². The summed E-state index contributed by atoms with van der Waals surface area (Å²) in [5.74, 6) is 6.65. The number of aromatic nitrogens is 4. The lowest BCUT2D eigenvalue weighted by Gasteiger charge is -2.11. The second-order valence-corrected chi connectivity index (χ2v) is 4.83. The number of nitrogens with zero attached hydrogens (tertiary/aromatic N) is 3. The molecule has 0 atom stereocenters. The fourth-order valence-electron chi connectivity index (χ4n) is 1.77. The summed E-state index contributed by atoms with van der Waals surface area (Å²) >= 11 is 0. The molecule has 1 amide bonds. The second kappa shape index (κ2) is 6.80. The molecule has 0 aliphatic carbocycles. The van der Waals surface area contributed by atoms with Gasteiger partial charge in [-0.1, -0.05) is 13.8 Å². The Labute approximate surface area is 122 Å². The average Bonchev–Trinajstić information content (AvgIpc) is 2.99. The molecule has 21 heavy (non-hydrogen) atoms. The summed E-state index contributed by atoms with van der Waals surface area (Å²) in [6.45, 7) is 4.38. The molecule has 0 radical (unpaired) electrons. The lowest BCUT2D eigenvalue weighted by atomic mass is 10.2. The van der Waals surface area contributed by atoms with Gasteiger partial charge in [0, 0.05) is 31.3 Å². The van der Waals surface area contributed by atoms with E-state index in [1.54, 1.807) is 12.4 Å². The Morgan fingerprint density at radius 2 is 2.24 bits per heavy atom. The van der Waals surface area contributed by atoms with Gasteiger partial charge in [-0.15, -0.1) is 0 Å². The fourth-order valence-corrected chi connectivity index (χ4v) is 1.77. The highest BCUT2D eigenvalue weighted by molar-refractivity contribution is 5.97. The number of anilines is 1. The molecular formula is C13H19N7O. The summed E-state index contributed by atoms with van der Waals surface area (Å²) in [7, 11) is 0. The van der Waals surface area contributed by atoms with Gasteiger partial charge in [0.15, 0.2) is 5.69 Å². The molecule has 5 N–H and O–H groups in total. The Balaban J connectivity index is 2.04. The minimum Gasteiger partial charge on any atom is -0.350 e. The number of nitrogen functional groups attached to an aromatic ring is 1. The van der Waals surface area contributed by atoms with Crippen LogP contribution in [0.5, 0.6) is 0 Å². The van der Waals surface area contributed by atoms with Gasteiger partial charge in [-0.2, -0.15) is 0 Å². The Morgan fingerprint density at radius 1 is 1.43 bits per heavy atom. The number of aromatic amines is 1. The molecule has 2 heterocycles. The molecule has 0 bridgehead atoms. The van der Waals surface area contributed by atoms with E-state index in [0.717, 1.165) is 5.82 Å². The van der Waals surface area contributed by atoms with E-state index >= 15 is 0 Å². The van der Waals surface area contributed by atoms with Crippen molar-refractivity contribution in [3.63, 3.8) is 0 Å². The maximum Gasteiger partial charge on any atom is 0.272 e. The van der Waals surface area contributed by atoms with Gasteiger partial charge in [0.25, 0.3) is 5.91 Å². The minimum absolute atomic E-state index is 0.131. The topological polar surface area (TPSA) is 122 Å². The van der Waals surface area contributed by atoms with Crippen molar-refractivity contribution < 1.29 is 4.79 Å². The fraction of sp³-hybridized carbons (Fsp3) is 0.385. The Kier molecular flexibility index (Phi) is 4.83. The van der Waals surface area contributed by atoms with Crippen molar-refractivity contribution in [2.24, 2.45) is 5.84 Å². The zero-order valence-electron chi connectivity index (χ0n) is 12.1. The van der Waals surface area contributed by atoms with Crippen LogP contribution in [0.3, 0.4) is 0 Å². The predicted octanol–water partition coefficient (Wildman–Crippen LogP) is 0.581. The van der Waals surface area contributed by atoms with E-state index in [-0.39, 0.29) is 17.5 Å². The molecule has 0 saturated heterocycles. The molecule has 0 aliphatic rings. The normalized spacial score (nSPS) is 10.7. The summed E-state index contributed by atoms with van der Waals surface area (Å²) in [4.78, 5) is 27.7. The first-order chi connectivity index (χ1) is 10.1. The number of rotatable bonds is 6. The number of H-pyrrole nitrogens is 1. The van der Waals surface area contributed by atoms with E-state index in [1.807, 2.05) is 13.8 Å². The molecule has 8 nitrogen and oxygen atoms in total. The molecule has 8 heteroatoms. The average molecular weight is 289 g/mol. The number of hydrazine groups is 1. The van der Waals surface area contributed by atoms with Gasteiger partial charge in [-0.05, 0) is 0 Å². The third kappa shape index (κ3) is 3.76. The second-order valence-electron chi connectivity index (χ2n) is 4.83. The summed E-state index contributed by atoms with van der Waals surface area (Å²) in [5.41, 5.74) is 3.09. The van der Waals surface area contributed by atoms with Crippen molar-refractivity contribution in [1.82, 2.24) is 25.3 Å². The van der Waals surface area contributed by atoms with Gasteiger partial charge < -0.3 is 15.7 Å². The number of hydrogen-bond donors (Lipinski definition) is 4. The number of nitrogens with two attached hydrogens (primary N) is 1. The van der Waals surface area contributed by atoms with Crippen molar-refractivity contribution in [2.45, 2.75) is 26.2 Å². The van der Waals surface area contributed by atoms with E-state index in [0.29, 0.717) is 24.5 Å². The first-order valence-electron chi connectivity index (χ1n) is 6.71. The van der Waals surface area contributed by atoms with Crippen LogP contribution in [0.1, 0.15) is 41.9 Å². The molecule has 112 valence electrons. The van der Waals surface area contributed by atoms with Crippen molar-refractivity contribution in [3.05, 3.63) is 35.9 Å². The standard InChI is InChI=1S/C13H19N7O/c1-8(2)12-18-7-9(20-14)11(19-12)13(21)17-4-3-10-15-5-6-16-10/h5-8,20H,3-4,14H2,1-2H3,(H,15,16)(H,17,21). The molecule has 0 aromatic carbocycles. The molecule has 2 aromatic heterocycles. The predicted molar refractivity (Wildman–Crippen MR) is 78.6 cm³/mol. The van der Waals surface area contributed by atoms with Gasteiger partial charge in [-0.25, -0.2) is 15.0 Å². The van der Waals surface area contributed by atoms with E-state index in [2.05, 4.69) is 30.7 Å². The highest BCUT2D eigenvalue weighted by Gasteiger charge is 2.15. The van der Waals surface area contributed by atoms with Crippen molar-refractivity contribution in [1.29, 1.82) is 0 Å². The zero-order chi connectivity index (χ0) is 15.2. The van der Waals surface area contributed by atoms with Crippen LogP contribution >= 0.6 is 0 Å². The maximum atomic E-state index is 12.2. The van der Waals surface area contributed by atoms with Gasteiger partial charge in [0.1, 0.15) is 11.6 Å². The third-order valence-electron chi connectivity index (χ3n) is 2.90. The van der Waals surface area contributed by atoms with E-state index in [4.69, 9.17) is 5.84 Å². The van der Waals surface area contributed by atoms with Crippen LogP contribution in [-0.4, -0.2) is 32.4 Å². The van der Waals surface area contributed by atoms with Crippen LogP contribution in [0.4, 0.5) is 5.69 Å². The molecular weight excluding hydrogens is 270 g/mol. The van der Waals surface area contributed by atoms with Crippen LogP contribution in [0.25, 0.3) is 0 Å². The largest absolute Gasteiger partial charge is 0.350 e. The first-order valence-corrected chi connectivity index (χ1v) is 6.71. The van der Waals surface area contributed by atoms with Crippen molar-refractivity contribution in [3.8, 4) is 0 Å². The van der Waals surface area contributed by atoms with Crippen LogP contribution < -0.4 is 16.6 Å². The van der Waals surface area contributed by atoms with Gasteiger partial charge >= 0.3 is 0 Å². The van der Waals surface area contributed by atoms with E-state index in [9.17, 15) is 4.79 Å². The lowest BCUT2D eigenvalue weighted by Crippen LogP contribution is -2.29. The molecule has 0 aliphatic heterocycles. The Morgan fingerprint density at radius 3 is 2.86 bits per heavy atom. The summed E-state index contributed by atoms with van der Waals surface area (Å²) in [6.07, 6.45) is 5.55. The molecule has 0 fully saturated rings. The number of imidazole rings is 1. The van der Waals surface area contributed by atoms with Gasteiger partial charge in [0.05, 0.1) is 11.9 Å². The zero-order valence-corrected chi connectivity index (χ0v) is 12.1. The molecule has 0 spiro atoms. The molecule has 2 aromatic rings. The summed E-state index contributed by atoms with van der Waals surface area (Å²) in [6, 6.07) is 0. The first kappa shape index (κ1) is 14.9. The SMILES string of the molecule is CC(C)c1ncc(NN)c(C(=O)NCCc2ncc[nH]2)n1. The number of carbonyl (C=O) groups excluding carboxylic acids is 1. The Hall–Kier alpha value is -2.48. The molecule has 0 saturated carbocycles. The number of carbonyl (C=O) groups is 1. The smallest absolute Gasteiger partial charge is 0.272 e. The highest BCUT2D eigenvalue weighted by Crippen LogP contribution is 2.15. The maximum absolute atomic E-state index is 12.2. The molecule has 0 unspecified atom stereocenters. The van der Waals surface area contributed by atoms with Crippen LogP contribution in [0.2, 0.25) is 0 Å².